The molecule has 0 aliphatic heterocycles. The summed E-state index contributed by atoms with van der Waals surface area (Å²) in [5, 5.41) is 11.8. The van der Waals surface area contributed by atoms with Crippen LogP contribution >= 0.6 is 0 Å². The molecular formula is C15H22N2O3. The minimum atomic E-state index is -0.927. The summed E-state index contributed by atoms with van der Waals surface area (Å²) in [6.45, 7) is 9.34. The number of aryl methyl sites for hydroxylation is 2. The number of amides is 1. The maximum Gasteiger partial charge on any atom is 0.305 e. The van der Waals surface area contributed by atoms with Crippen molar-refractivity contribution in [3.05, 3.63) is 29.1 Å². The van der Waals surface area contributed by atoms with Crippen LogP contribution in [0.25, 0.3) is 0 Å². The molecule has 0 saturated heterocycles. The molecule has 0 fully saturated rings. The topological polar surface area (TPSA) is 79.3 Å². The highest BCUT2D eigenvalue weighted by atomic mass is 16.4. The Morgan fingerprint density at radius 2 is 1.90 bits per heavy atom. The highest BCUT2D eigenvalue weighted by Gasteiger charge is 2.29. The summed E-state index contributed by atoms with van der Waals surface area (Å²) in [5.74, 6) is -1.21. The van der Waals surface area contributed by atoms with Crippen LogP contribution in [0.1, 0.15) is 48.9 Å². The van der Waals surface area contributed by atoms with Crippen molar-refractivity contribution in [1.82, 2.24) is 10.3 Å². The molecule has 20 heavy (non-hydrogen) atoms. The van der Waals surface area contributed by atoms with Gasteiger partial charge in [-0.15, -0.1) is 0 Å². The lowest BCUT2D eigenvalue weighted by Crippen LogP contribution is -2.45. The second-order valence-electron chi connectivity index (χ2n) is 6.08. The van der Waals surface area contributed by atoms with Gasteiger partial charge in [0.25, 0.3) is 5.91 Å². The predicted octanol–water partition coefficient (Wildman–Crippen LogP) is 2.32. The van der Waals surface area contributed by atoms with Crippen molar-refractivity contribution in [2.75, 3.05) is 0 Å². The number of aliphatic carboxylic acids is 1. The fraction of sp³-hybridized carbons (Fsp3) is 0.533. The first-order chi connectivity index (χ1) is 9.11. The first-order valence-electron chi connectivity index (χ1n) is 6.58. The first-order valence-corrected chi connectivity index (χ1v) is 6.58. The molecule has 1 aromatic heterocycles. The molecule has 0 aliphatic rings. The maximum absolute atomic E-state index is 12.3. The molecule has 0 saturated carbocycles. The molecule has 5 nitrogen and oxygen atoms in total. The summed E-state index contributed by atoms with van der Waals surface area (Å²) in [5.41, 5.74) is 1.64. The van der Waals surface area contributed by atoms with E-state index in [4.69, 9.17) is 5.11 Å². The smallest absolute Gasteiger partial charge is 0.305 e. The molecule has 110 valence electrons. The van der Waals surface area contributed by atoms with Crippen LogP contribution in [0.2, 0.25) is 0 Å². The standard InChI is InChI=1S/C15H22N2O3/c1-9-6-7-11(10(2)16-9)14(20)17-12(8-13(18)19)15(3,4)5/h6-7,12H,8H2,1-5H3,(H,17,20)(H,18,19). The van der Waals surface area contributed by atoms with Gasteiger partial charge in [0.15, 0.2) is 0 Å². The average molecular weight is 278 g/mol. The number of hydrogen-bond donors (Lipinski definition) is 2. The molecule has 1 unspecified atom stereocenters. The van der Waals surface area contributed by atoms with E-state index in [9.17, 15) is 9.59 Å². The molecule has 1 heterocycles. The molecule has 0 spiro atoms. The van der Waals surface area contributed by atoms with Gasteiger partial charge in [0.1, 0.15) is 0 Å². The van der Waals surface area contributed by atoms with Crippen LogP contribution in [-0.2, 0) is 4.79 Å². The van der Waals surface area contributed by atoms with Gasteiger partial charge in [-0.2, -0.15) is 0 Å². The molecule has 1 amide bonds. The molecule has 0 aromatic carbocycles. The summed E-state index contributed by atoms with van der Waals surface area (Å²) < 4.78 is 0. The van der Waals surface area contributed by atoms with Gasteiger partial charge in [-0.25, -0.2) is 0 Å². The number of rotatable bonds is 4. The van der Waals surface area contributed by atoms with E-state index in [1.807, 2.05) is 27.7 Å². The van der Waals surface area contributed by atoms with Gasteiger partial charge >= 0.3 is 5.97 Å². The zero-order valence-corrected chi connectivity index (χ0v) is 12.7. The monoisotopic (exact) mass is 278 g/mol. The first kappa shape index (κ1) is 16.1. The Kier molecular flexibility index (Phi) is 4.87. The lowest BCUT2D eigenvalue weighted by molar-refractivity contribution is -0.138. The van der Waals surface area contributed by atoms with Crippen molar-refractivity contribution in [2.45, 2.75) is 47.1 Å². The predicted molar refractivity (Wildman–Crippen MR) is 76.7 cm³/mol. The third kappa shape index (κ3) is 4.33. The zero-order chi connectivity index (χ0) is 15.5. The lowest BCUT2D eigenvalue weighted by Gasteiger charge is -2.30. The van der Waals surface area contributed by atoms with E-state index in [1.165, 1.54) is 0 Å². The number of carbonyl (C=O) groups is 2. The minimum Gasteiger partial charge on any atom is -0.481 e. The lowest BCUT2D eigenvalue weighted by atomic mass is 9.84. The van der Waals surface area contributed by atoms with Crippen molar-refractivity contribution < 1.29 is 14.7 Å². The molecule has 1 rings (SSSR count). The molecule has 2 N–H and O–H groups in total. The Balaban J connectivity index is 2.93. The van der Waals surface area contributed by atoms with Gasteiger partial charge in [-0.3, -0.25) is 14.6 Å². The van der Waals surface area contributed by atoms with Crippen LogP contribution in [0.4, 0.5) is 0 Å². The fourth-order valence-electron chi connectivity index (χ4n) is 1.91. The second kappa shape index (κ2) is 6.03. The Bertz CT molecular complexity index is 518. The Labute approximate surface area is 119 Å². The van der Waals surface area contributed by atoms with E-state index in [0.29, 0.717) is 11.3 Å². The van der Waals surface area contributed by atoms with Gasteiger partial charge in [-0.1, -0.05) is 20.8 Å². The van der Waals surface area contributed by atoms with Crippen LogP contribution in [0.5, 0.6) is 0 Å². The van der Waals surface area contributed by atoms with Crippen molar-refractivity contribution in [3.8, 4) is 0 Å². The van der Waals surface area contributed by atoms with E-state index in [0.717, 1.165) is 5.69 Å². The zero-order valence-electron chi connectivity index (χ0n) is 12.7. The number of pyridine rings is 1. The van der Waals surface area contributed by atoms with Gasteiger partial charge in [-0.05, 0) is 31.4 Å². The largest absolute Gasteiger partial charge is 0.481 e. The number of carbonyl (C=O) groups excluding carboxylic acids is 1. The number of nitrogens with one attached hydrogen (secondary N) is 1. The van der Waals surface area contributed by atoms with Gasteiger partial charge < -0.3 is 10.4 Å². The fourth-order valence-corrected chi connectivity index (χ4v) is 1.91. The summed E-state index contributed by atoms with van der Waals surface area (Å²) in [4.78, 5) is 27.4. The second-order valence-corrected chi connectivity index (χ2v) is 6.08. The molecular weight excluding hydrogens is 256 g/mol. The van der Waals surface area contributed by atoms with Gasteiger partial charge in [0, 0.05) is 11.7 Å². The van der Waals surface area contributed by atoms with Crippen LogP contribution in [0.15, 0.2) is 12.1 Å². The molecule has 5 heteroatoms. The Morgan fingerprint density at radius 3 is 2.35 bits per heavy atom. The Morgan fingerprint density at radius 1 is 1.30 bits per heavy atom. The molecule has 1 atom stereocenters. The molecule has 0 radical (unpaired) electrons. The van der Waals surface area contributed by atoms with E-state index < -0.39 is 12.0 Å². The third-order valence-electron chi connectivity index (χ3n) is 3.20. The summed E-state index contributed by atoms with van der Waals surface area (Å²) in [6.07, 6.45) is -0.104. The minimum absolute atomic E-state index is 0.104. The summed E-state index contributed by atoms with van der Waals surface area (Å²) in [7, 11) is 0. The van der Waals surface area contributed by atoms with Crippen LogP contribution < -0.4 is 5.32 Å². The summed E-state index contributed by atoms with van der Waals surface area (Å²) >= 11 is 0. The average Bonchev–Trinajstić information content (AvgIpc) is 2.25. The van der Waals surface area contributed by atoms with Crippen LogP contribution in [0.3, 0.4) is 0 Å². The molecule has 0 bridgehead atoms. The summed E-state index contributed by atoms with van der Waals surface area (Å²) in [6, 6.07) is 3.05. The van der Waals surface area contributed by atoms with E-state index in [1.54, 1.807) is 19.1 Å². The van der Waals surface area contributed by atoms with Crippen molar-refractivity contribution in [1.29, 1.82) is 0 Å². The van der Waals surface area contributed by atoms with Crippen molar-refractivity contribution in [2.24, 2.45) is 5.41 Å². The number of hydrogen-bond acceptors (Lipinski definition) is 3. The number of carboxylic acid groups (broad SMARTS) is 1. The van der Waals surface area contributed by atoms with Crippen molar-refractivity contribution in [3.63, 3.8) is 0 Å². The van der Waals surface area contributed by atoms with E-state index in [-0.39, 0.29) is 17.7 Å². The van der Waals surface area contributed by atoms with Gasteiger partial charge in [0.2, 0.25) is 0 Å². The molecule has 1 aromatic rings. The highest BCUT2D eigenvalue weighted by molar-refractivity contribution is 5.95. The van der Waals surface area contributed by atoms with E-state index >= 15 is 0 Å². The third-order valence-corrected chi connectivity index (χ3v) is 3.20. The van der Waals surface area contributed by atoms with Crippen LogP contribution in [0, 0.1) is 19.3 Å². The molecule has 0 aliphatic carbocycles. The van der Waals surface area contributed by atoms with Gasteiger partial charge in [0.05, 0.1) is 17.7 Å². The highest BCUT2D eigenvalue weighted by Crippen LogP contribution is 2.22. The quantitative estimate of drug-likeness (QED) is 0.885. The van der Waals surface area contributed by atoms with Crippen LogP contribution in [-0.4, -0.2) is 28.0 Å². The number of aromatic nitrogens is 1. The van der Waals surface area contributed by atoms with Crippen molar-refractivity contribution >= 4 is 11.9 Å². The SMILES string of the molecule is Cc1ccc(C(=O)NC(CC(=O)O)C(C)(C)C)c(C)n1. The Hall–Kier alpha value is -1.91. The van der Waals surface area contributed by atoms with E-state index in [2.05, 4.69) is 10.3 Å². The number of nitrogens with zero attached hydrogens (tertiary/aromatic N) is 1. The normalized spacial score (nSPS) is 12.8. The number of carboxylic acids is 1. The maximum atomic E-state index is 12.3.